The summed E-state index contributed by atoms with van der Waals surface area (Å²) in [5, 5.41) is 11.7. The van der Waals surface area contributed by atoms with Gasteiger partial charge in [-0.15, -0.1) is 0 Å². The average molecular weight is 310 g/mol. The number of amides is 1. The van der Waals surface area contributed by atoms with Crippen LogP contribution in [0.1, 0.15) is 10.5 Å². The van der Waals surface area contributed by atoms with E-state index in [-0.39, 0.29) is 17.8 Å². The van der Waals surface area contributed by atoms with Crippen LogP contribution < -0.4 is 10.1 Å². The molecule has 0 aliphatic carbocycles. The number of nitrogens with one attached hydrogen (secondary N) is 2. The highest BCUT2D eigenvalue weighted by atomic mass is 19.1. The number of hydrogen-bond donors (Lipinski definition) is 3. The Balaban J connectivity index is 2.22. The number of methoxy groups -OCH3 is 2. The summed E-state index contributed by atoms with van der Waals surface area (Å²) in [5.74, 6) is -1.85. The number of ether oxygens (including phenoxy) is 2. The molecule has 7 nitrogen and oxygen atoms in total. The summed E-state index contributed by atoms with van der Waals surface area (Å²) >= 11 is 0. The third-order valence-corrected chi connectivity index (χ3v) is 3.18. The lowest BCUT2D eigenvalue weighted by Crippen LogP contribution is -2.37. The van der Waals surface area contributed by atoms with Crippen LogP contribution in [0.15, 0.2) is 18.2 Å². The van der Waals surface area contributed by atoms with Crippen molar-refractivity contribution < 1.29 is 28.6 Å². The van der Waals surface area contributed by atoms with Crippen LogP contribution in [0.5, 0.6) is 5.75 Å². The van der Waals surface area contributed by atoms with E-state index in [0.717, 1.165) is 0 Å². The quantitative estimate of drug-likeness (QED) is 0.743. The van der Waals surface area contributed by atoms with Gasteiger partial charge in [0.2, 0.25) is 0 Å². The first-order valence-electron chi connectivity index (χ1n) is 6.37. The maximum atomic E-state index is 13.7. The van der Waals surface area contributed by atoms with Crippen molar-refractivity contribution in [3.8, 4) is 5.75 Å². The second kappa shape index (κ2) is 6.44. The van der Waals surface area contributed by atoms with E-state index in [1.807, 2.05) is 0 Å². The van der Waals surface area contributed by atoms with Crippen LogP contribution in [0.4, 0.5) is 4.39 Å². The fourth-order valence-electron chi connectivity index (χ4n) is 2.01. The minimum Gasteiger partial charge on any atom is -0.496 e. The highest BCUT2D eigenvalue weighted by Gasteiger charge is 2.19. The molecule has 118 valence electrons. The van der Waals surface area contributed by atoms with Crippen molar-refractivity contribution in [3.05, 3.63) is 29.7 Å². The number of carboxylic acid groups (broad SMARTS) is 1. The number of aromatic amines is 1. The Bertz CT molecular complexity index is 713. The lowest BCUT2D eigenvalue weighted by molar-refractivity contribution is -0.148. The first-order valence-corrected chi connectivity index (χ1v) is 6.37. The van der Waals surface area contributed by atoms with E-state index in [0.29, 0.717) is 11.1 Å². The largest absolute Gasteiger partial charge is 0.496 e. The fraction of sp³-hybridized carbons (Fsp3) is 0.286. The molecule has 3 N–H and O–H groups in total. The normalized spacial score (nSPS) is 12.1. The second-order valence-electron chi connectivity index (χ2n) is 4.49. The molecule has 2 rings (SSSR count). The van der Waals surface area contributed by atoms with E-state index < -0.39 is 23.8 Å². The molecule has 0 bridgehead atoms. The van der Waals surface area contributed by atoms with Crippen molar-refractivity contribution in [2.24, 2.45) is 0 Å². The van der Waals surface area contributed by atoms with Gasteiger partial charge in [-0.05, 0) is 18.2 Å². The van der Waals surface area contributed by atoms with E-state index in [1.54, 1.807) is 0 Å². The molecule has 0 saturated carbocycles. The molecule has 0 aliphatic heterocycles. The van der Waals surface area contributed by atoms with Gasteiger partial charge in [0.15, 0.2) is 6.10 Å². The predicted molar refractivity (Wildman–Crippen MR) is 75.6 cm³/mol. The molecular weight excluding hydrogens is 295 g/mol. The number of benzene rings is 1. The molecule has 1 heterocycles. The van der Waals surface area contributed by atoms with Gasteiger partial charge in [-0.25, -0.2) is 9.18 Å². The fourth-order valence-corrected chi connectivity index (χ4v) is 2.01. The van der Waals surface area contributed by atoms with Crippen LogP contribution >= 0.6 is 0 Å². The number of aromatic nitrogens is 1. The lowest BCUT2D eigenvalue weighted by Gasteiger charge is -2.10. The third kappa shape index (κ3) is 3.01. The van der Waals surface area contributed by atoms with E-state index >= 15 is 0 Å². The lowest BCUT2D eigenvalue weighted by atomic mass is 10.2. The Hall–Kier alpha value is -2.61. The van der Waals surface area contributed by atoms with E-state index in [2.05, 4.69) is 10.3 Å². The highest BCUT2D eigenvalue weighted by Crippen LogP contribution is 2.28. The van der Waals surface area contributed by atoms with Crippen molar-refractivity contribution in [2.45, 2.75) is 6.10 Å². The van der Waals surface area contributed by atoms with Crippen molar-refractivity contribution >= 4 is 22.8 Å². The van der Waals surface area contributed by atoms with Crippen LogP contribution in [0.3, 0.4) is 0 Å². The van der Waals surface area contributed by atoms with Gasteiger partial charge < -0.3 is 24.9 Å². The molecule has 2 aromatic rings. The summed E-state index contributed by atoms with van der Waals surface area (Å²) < 4.78 is 23.6. The summed E-state index contributed by atoms with van der Waals surface area (Å²) in [7, 11) is 2.67. The summed E-state index contributed by atoms with van der Waals surface area (Å²) in [4.78, 5) is 25.5. The van der Waals surface area contributed by atoms with Crippen molar-refractivity contribution in [3.63, 3.8) is 0 Å². The molecule has 0 spiro atoms. The number of H-pyrrole nitrogens is 1. The van der Waals surface area contributed by atoms with Crippen LogP contribution in [-0.2, 0) is 9.53 Å². The smallest absolute Gasteiger partial charge is 0.334 e. The minimum atomic E-state index is -1.19. The number of carboxylic acids is 1. The van der Waals surface area contributed by atoms with Crippen molar-refractivity contribution in [2.75, 3.05) is 20.8 Å². The summed E-state index contributed by atoms with van der Waals surface area (Å²) in [6, 6.07) is 4.12. The first-order chi connectivity index (χ1) is 10.5. The Labute approximate surface area is 125 Å². The predicted octanol–water partition coefficient (Wildman–Crippen LogP) is 1.14. The molecule has 1 atom stereocenters. The van der Waals surface area contributed by atoms with Gasteiger partial charge in [-0.3, -0.25) is 4.79 Å². The second-order valence-corrected chi connectivity index (χ2v) is 4.49. The molecule has 1 unspecified atom stereocenters. The van der Waals surface area contributed by atoms with Gasteiger partial charge in [0, 0.05) is 12.5 Å². The number of halogens is 1. The topological polar surface area (TPSA) is 101 Å². The zero-order chi connectivity index (χ0) is 16.3. The van der Waals surface area contributed by atoms with Crippen molar-refractivity contribution in [1.82, 2.24) is 10.3 Å². The highest BCUT2D eigenvalue weighted by molar-refractivity contribution is 6.00. The molecule has 0 radical (unpaired) electrons. The zero-order valence-corrected chi connectivity index (χ0v) is 12.0. The average Bonchev–Trinajstić information content (AvgIpc) is 2.94. The van der Waals surface area contributed by atoms with Crippen LogP contribution in [0, 0.1) is 5.82 Å². The standard InChI is InChI=1S/C14H15FN2O5/c1-21-10-4-3-8(15)12-7(10)5-9(17-12)13(18)16-6-11(22-2)14(19)20/h3-5,11,17H,6H2,1-2H3,(H,16,18)(H,19,20). The van der Waals surface area contributed by atoms with Crippen molar-refractivity contribution in [1.29, 1.82) is 0 Å². The van der Waals surface area contributed by atoms with Crippen LogP contribution in [0.25, 0.3) is 10.9 Å². The molecular formula is C14H15FN2O5. The maximum Gasteiger partial charge on any atom is 0.334 e. The number of rotatable bonds is 6. The molecule has 0 aliphatic rings. The Kier molecular flexibility index (Phi) is 4.62. The number of hydrogen-bond acceptors (Lipinski definition) is 4. The van der Waals surface area contributed by atoms with Gasteiger partial charge in [-0.2, -0.15) is 0 Å². The van der Waals surface area contributed by atoms with Gasteiger partial charge >= 0.3 is 5.97 Å². The van der Waals surface area contributed by atoms with E-state index in [1.165, 1.54) is 32.4 Å². The van der Waals surface area contributed by atoms with Crippen LogP contribution in [0.2, 0.25) is 0 Å². The number of fused-ring (bicyclic) bond motifs is 1. The Morgan fingerprint density at radius 2 is 2.14 bits per heavy atom. The Morgan fingerprint density at radius 1 is 1.41 bits per heavy atom. The van der Waals surface area contributed by atoms with E-state index in [9.17, 15) is 14.0 Å². The zero-order valence-electron chi connectivity index (χ0n) is 12.0. The molecule has 1 aromatic heterocycles. The van der Waals surface area contributed by atoms with E-state index in [4.69, 9.17) is 14.6 Å². The summed E-state index contributed by atoms with van der Waals surface area (Å²) in [6.07, 6.45) is -1.15. The molecule has 1 aromatic carbocycles. The SMILES string of the molecule is COc1ccc(F)c2[nH]c(C(=O)NCC(OC)C(=O)O)cc12. The molecule has 8 heteroatoms. The van der Waals surface area contributed by atoms with Gasteiger partial charge in [-0.1, -0.05) is 0 Å². The minimum absolute atomic E-state index is 0.0960. The van der Waals surface area contributed by atoms with Crippen LogP contribution in [-0.4, -0.2) is 48.8 Å². The number of carbonyl (C=O) groups excluding carboxylic acids is 1. The van der Waals surface area contributed by atoms with Gasteiger partial charge in [0.05, 0.1) is 19.2 Å². The summed E-state index contributed by atoms with van der Waals surface area (Å²) in [5.41, 5.74) is 0.240. The number of carbonyl (C=O) groups is 2. The first kappa shape index (κ1) is 15.8. The summed E-state index contributed by atoms with van der Waals surface area (Å²) in [6.45, 7) is -0.209. The molecule has 1 amide bonds. The molecule has 0 fully saturated rings. The Morgan fingerprint density at radius 3 is 2.73 bits per heavy atom. The molecule has 0 saturated heterocycles. The van der Waals surface area contributed by atoms with Gasteiger partial charge in [0.1, 0.15) is 17.3 Å². The third-order valence-electron chi connectivity index (χ3n) is 3.18. The number of aliphatic carboxylic acids is 1. The monoisotopic (exact) mass is 310 g/mol. The van der Waals surface area contributed by atoms with Gasteiger partial charge in [0.25, 0.3) is 5.91 Å². The molecule has 22 heavy (non-hydrogen) atoms. The maximum absolute atomic E-state index is 13.7.